The molecule has 0 aliphatic rings. The lowest BCUT2D eigenvalue weighted by Crippen LogP contribution is -2.04. The van der Waals surface area contributed by atoms with Crippen molar-refractivity contribution in [2.45, 2.75) is 24.4 Å². The third kappa shape index (κ3) is 3.32. The van der Waals surface area contributed by atoms with Crippen molar-refractivity contribution in [2.75, 3.05) is 0 Å². The second-order valence-electron chi connectivity index (χ2n) is 6.18. The van der Waals surface area contributed by atoms with Crippen LogP contribution in [0.15, 0.2) is 53.7 Å². The quantitative estimate of drug-likeness (QED) is 0.462. The molecule has 5 nitrogen and oxygen atoms in total. The molecular formula is C19H17F2N5S. The second kappa shape index (κ2) is 7.11. The largest absolute Gasteiger partial charge is 0.320 e. The molecule has 0 fully saturated rings. The van der Waals surface area contributed by atoms with E-state index < -0.39 is 6.55 Å². The first kappa shape index (κ1) is 17.7. The average Bonchev–Trinajstić information content (AvgIpc) is 3.21. The number of aryl methyl sites for hydroxylation is 1. The van der Waals surface area contributed by atoms with Crippen molar-refractivity contribution < 1.29 is 8.78 Å². The molecule has 0 atom stereocenters. The summed E-state index contributed by atoms with van der Waals surface area (Å²) in [7, 11) is 1.87. The molecule has 27 heavy (non-hydrogen) atoms. The highest BCUT2D eigenvalue weighted by atomic mass is 32.2. The summed E-state index contributed by atoms with van der Waals surface area (Å²) < 4.78 is 29.9. The van der Waals surface area contributed by atoms with Gasteiger partial charge in [0, 0.05) is 12.6 Å². The lowest BCUT2D eigenvalue weighted by molar-refractivity contribution is 0.0722. The van der Waals surface area contributed by atoms with E-state index in [0.29, 0.717) is 22.0 Å². The summed E-state index contributed by atoms with van der Waals surface area (Å²) in [5, 5.41) is 9.11. The number of hydrogen-bond acceptors (Lipinski definition) is 4. The molecule has 0 aliphatic heterocycles. The molecule has 0 aliphatic carbocycles. The Bertz CT molecular complexity index is 1090. The van der Waals surface area contributed by atoms with Crippen LogP contribution in [0.1, 0.15) is 17.9 Å². The topological polar surface area (TPSA) is 48.5 Å². The number of rotatable bonds is 5. The Hall–Kier alpha value is -2.74. The molecule has 0 spiro atoms. The number of alkyl halides is 2. The van der Waals surface area contributed by atoms with Crippen LogP contribution in [-0.2, 0) is 12.8 Å². The summed E-state index contributed by atoms with van der Waals surface area (Å²) in [6.07, 6.45) is 0. The van der Waals surface area contributed by atoms with Gasteiger partial charge in [0.25, 0.3) is 0 Å². The highest BCUT2D eigenvalue weighted by Gasteiger charge is 2.19. The zero-order valence-corrected chi connectivity index (χ0v) is 15.6. The summed E-state index contributed by atoms with van der Waals surface area (Å²) in [5.74, 6) is 1.33. The van der Waals surface area contributed by atoms with Gasteiger partial charge in [-0.3, -0.25) is 4.57 Å². The van der Waals surface area contributed by atoms with Crippen LogP contribution in [0.5, 0.6) is 0 Å². The third-order valence-electron chi connectivity index (χ3n) is 4.34. The Morgan fingerprint density at radius 3 is 2.52 bits per heavy atom. The molecule has 0 amide bonds. The molecule has 0 N–H and O–H groups in total. The van der Waals surface area contributed by atoms with E-state index >= 15 is 0 Å². The summed E-state index contributed by atoms with van der Waals surface area (Å²) in [4.78, 5) is 4.36. The maximum atomic E-state index is 13.5. The molecule has 4 rings (SSSR count). The average molecular weight is 385 g/mol. The van der Waals surface area contributed by atoms with E-state index in [-0.39, 0.29) is 5.75 Å². The smallest absolute Gasteiger partial charge is 0.305 e. The van der Waals surface area contributed by atoms with Gasteiger partial charge in [-0.25, -0.2) is 4.98 Å². The predicted octanol–water partition coefficient (Wildman–Crippen LogP) is 4.83. The number of hydrogen-bond donors (Lipinski definition) is 0. The van der Waals surface area contributed by atoms with Crippen LogP contribution < -0.4 is 0 Å². The standard InChI is InChI=1S/C19H17F2N5S/c1-12-7-9-13(10-8-12)17-23-24-19(25(17)2)27-11-16-22-14-5-3-4-6-15(14)26(16)18(20)21/h3-10,18H,11H2,1-2H3. The highest BCUT2D eigenvalue weighted by Crippen LogP contribution is 2.29. The molecule has 4 aromatic rings. The minimum absolute atomic E-state index is 0.277. The van der Waals surface area contributed by atoms with Gasteiger partial charge in [0.2, 0.25) is 0 Å². The summed E-state index contributed by atoms with van der Waals surface area (Å²) >= 11 is 1.34. The van der Waals surface area contributed by atoms with Crippen LogP contribution in [0.25, 0.3) is 22.4 Å². The summed E-state index contributed by atoms with van der Waals surface area (Å²) in [5.41, 5.74) is 3.12. The number of nitrogens with zero attached hydrogens (tertiary/aromatic N) is 5. The molecule has 0 unspecified atom stereocenters. The van der Waals surface area contributed by atoms with Crippen molar-refractivity contribution in [3.8, 4) is 11.4 Å². The van der Waals surface area contributed by atoms with Crippen LogP contribution in [0.3, 0.4) is 0 Å². The van der Waals surface area contributed by atoms with Gasteiger partial charge in [0.05, 0.1) is 16.8 Å². The van der Waals surface area contributed by atoms with Gasteiger partial charge in [-0.2, -0.15) is 8.78 Å². The number of benzene rings is 2. The molecule has 0 saturated heterocycles. The zero-order chi connectivity index (χ0) is 19.0. The third-order valence-corrected chi connectivity index (χ3v) is 5.36. The zero-order valence-electron chi connectivity index (χ0n) is 14.8. The molecule has 0 radical (unpaired) electrons. The minimum atomic E-state index is -2.64. The Balaban J connectivity index is 1.60. The molecule has 2 aromatic carbocycles. The van der Waals surface area contributed by atoms with Gasteiger partial charge in [-0.05, 0) is 19.1 Å². The lowest BCUT2D eigenvalue weighted by Gasteiger charge is -2.07. The fourth-order valence-electron chi connectivity index (χ4n) is 2.94. The van der Waals surface area contributed by atoms with Crippen LogP contribution in [-0.4, -0.2) is 24.3 Å². The van der Waals surface area contributed by atoms with E-state index in [1.807, 2.05) is 42.8 Å². The van der Waals surface area contributed by atoms with Gasteiger partial charge >= 0.3 is 6.55 Å². The van der Waals surface area contributed by atoms with E-state index in [4.69, 9.17) is 0 Å². The van der Waals surface area contributed by atoms with Crippen LogP contribution in [0.2, 0.25) is 0 Å². The van der Waals surface area contributed by atoms with Crippen molar-refractivity contribution in [3.63, 3.8) is 0 Å². The van der Waals surface area contributed by atoms with Crippen LogP contribution in [0.4, 0.5) is 8.78 Å². The summed E-state index contributed by atoms with van der Waals surface area (Å²) in [6.45, 7) is -0.618. The van der Waals surface area contributed by atoms with Crippen LogP contribution in [0, 0.1) is 6.92 Å². The first-order valence-corrected chi connectivity index (χ1v) is 9.36. The van der Waals surface area contributed by atoms with Gasteiger partial charge in [0.15, 0.2) is 11.0 Å². The SMILES string of the molecule is Cc1ccc(-c2nnc(SCc3nc4ccccc4n3C(F)F)n2C)cc1. The monoisotopic (exact) mass is 385 g/mol. The maximum Gasteiger partial charge on any atom is 0.320 e. The van der Waals surface area contributed by atoms with Crippen molar-refractivity contribution in [1.29, 1.82) is 0 Å². The molecule has 2 heterocycles. The Labute approximate surface area is 159 Å². The number of fused-ring (bicyclic) bond motifs is 1. The second-order valence-corrected chi connectivity index (χ2v) is 7.13. The van der Waals surface area contributed by atoms with E-state index in [9.17, 15) is 8.78 Å². The normalized spacial score (nSPS) is 11.6. The number of halogens is 2. The molecular weight excluding hydrogens is 368 g/mol. The first-order valence-electron chi connectivity index (χ1n) is 8.38. The Morgan fingerprint density at radius 2 is 1.78 bits per heavy atom. The molecule has 2 aromatic heterocycles. The Morgan fingerprint density at radius 1 is 1.04 bits per heavy atom. The van der Waals surface area contributed by atoms with Crippen molar-refractivity contribution in [1.82, 2.24) is 24.3 Å². The van der Waals surface area contributed by atoms with Crippen LogP contribution >= 0.6 is 11.8 Å². The number of aromatic nitrogens is 5. The van der Waals surface area contributed by atoms with Crippen molar-refractivity contribution in [3.05, 3.63) is 59.9 Å². The number of para-hydroxylation sites is 2. The minimum Gasteiger partial charge on any atom is -0.305 e. The molecule has 0 saturated carbocycles. The molecule has 138 valence electrons. The highest BCUT2D eigenvalue weighted by molar-refractivity contribution is 7.98. The van der Waals surface area contributed by atoms with E-state index in [1.54, 1.807) is 24.3 Å². The fourth-order valence-corrected chi connectivity index (χ4v) is 3.78. The van der Waals surface area contributed by atoms with Gasteiger partial charge in [0.1, 0.15) is 5.82 Å². The van der Waals surface area contributed by atoms with E-state index in [1.165, 1.54) is 17.3 Å². The molecule has 8 heteroatoms. The maximum absolute atomic E-state index is 13.5. The summed E-state index contributed by atoms with van der Waals surface area (Å²) in [6, 6.07) is 14.9. The van der Waals surface area contributed by atoms with Gasteiger partial charge < -0.3 is 4.57 Å². The van der Waals surface area contributed by atoms with E-state index in [2.05, 4.69) is 15.2 Å². The van der Waals surface area contributed by atoms with Crippen molar-refractivity contribution in [2.24, 2.45) is 7.05 Å². The fraction of sp³-hybridized carbons (Fsp3) is 0.211. The molecule has 0 bridgehead atoms. The Kier molecular flexibility index (Phi) is 4.65. The number of thioether (sulfide) groups is 1. The number of imidazole rings is 1. The van der Waals surface area contributed by atoms with Gasteiger partial charge in [-0.1, -0.05) is 53.7 Å². The lowest BCUT2D eigenvalue weighted by atomic mass is 10.1. The van der Waals surface area contributed by atoms with Gasteiger partial charge in [-0.15, -0.1) is 10.2 Å². The first-order chi connectivity index (χ1) is 13.0. The van der Waals surface area contributed by atoms with E-state index in [0.717, 1.165) is 16.0 Å². The predicted molar refractivity (Wildman–Crippen MR) is 102 cm³/mol. The van der Waals surface area contributed by atoms with Crippen molar-refractivity contribution >= 4 is 22.8 Å².